The first kappa shape index (κ1) is 16.3. The molecule has 0 aliphatic rings. The van der Waals surface area contributed by atoms with Crippen molar-refractivity contribution in [3.05, 3.63) is 52.8 Å². The minimum atomic E-state index is -0.104. The smallest absolute Gasteiger partial charge is 0.225 e. The van der Waals surface area contributed by atoms with Gasteiger partial charge in [0.1, 0.15) is 11.4 Å². The molecular formula is C19H23N3O2. The Morgan fingerprint density at radius 2 is 2.12 bits per heavy atom. The Labute approximate surface area is 141 Å². The molecule has 0 spiro atoms. The van der Waals surface area contributed by atoms with Crippen LogP contribution in [0.2, 0.25) is 0 Å². The van der Waals surface area contributed by atoms with E-state index in [0.29, 0.717) is 6.42 Å². The van der Waals surface area contributed by atoms with Crippen molar-refractivity contribution in [2.45, 2.75) is 46.6 Å². The van der Waals surface area contributed by atoms with Crippen LogP contribution < -0.4 is 5.32 Å². The van der Waals surface area contributed by atoms with Gasteiger partial charge >= 0.3 is 0 Å². The van der Waals surface area contributed by atoms with Gasteiger partial charge in [-0.2, -0.15) is 0 Å². The van der Waals surface area contributed by atoms with Crippen LogP contribution >= 0.6 is 0 Å². The fraction of sp³-hybridized carbons (Fsp3) is 0.368. The van der Waals surface area contributed by atoms with E-state index in [-0.39, 0.29) is 11.9 Å². The molecule has 0 saturated heterocycles. The number of fused-ring (bicyclic) bond motifs is 1. The number of amides is 1. The highest BCUT2D eigenvalue weighted by molar-refractivity contribution is 5.90. The summed E-state index contributed by atoms with van der Waals surface area (Å²) in [5.41, 5.74) is 5.04. The lowest BCUT2D eigenvalue weighted by atomic mass is 10.0. The number of H-pyrrole nitrogens is 1. The summed E-state index contributed by atoms with van der Waals surface area (Å²) in [6.45, 7) is 8.07. The fourth-order valence-corrected chi connectivity index (χ4v) is 3.15. The number of hydrogen-bond acceptors (Lipinski definition) is 3. The molecule has 0 aliphatic carbocycles. The van der Waals surface area contributed by atoms with Crippen LogP contribution in [0, 0.1) is 20.8 Å². The number of carbonyl (C=O) groups excluding carboxylic acids is 1. The maximum Gasteiger partial charge on any atom is 0.225 e. The quantitative estimate of drug-likeness (QED) is 0.747. The summed E-state index contributed by atoms with van der Waals surface area (Å²) in [5.74, 6) is 0.769. The molecule has 0 fully saturated rings. The van der Waals surface area contributed by atoms with Crippen LogP contribution in [0.25, 0.3) is 11.0 Å². The lowest BCUT2D eigenvalue weighted by molar-refractivity contribution is -0.121. The number of carbonyl (C=O) groups is 1. The topological polar surface area (TPSA) is 70.9 Å². The van der Waals surface area contributed by atoms with Gasteiger partial charge in [-0.1, -0.05) is 13.0 Å². The zero-order valence-electron chi connectivity index (χ0n) is 14.6. The van der Waals surface area contributed by atoms with Crippen molar-refractivity contribution in [2.75, 3.05) is 0 Å². The Morgan fingerprint density at radius 1 is 1.33 bits per heavy atom. The Kier molecular flexibility index (Phi) is 4.42. The molecule has 126 valence electrons. The number of hydrogen-bond donors (Lipinski definition) is 2. The number of rotatable bonds is 5. The van der Waals surface area contributed by atoms with Gasteiger partial charge in [-0.15, -0.1) is 0 Å². The third-order valence-corrected chi connectivity index (χ3v) is 4.24. The first-order valence-corrected chi connectivity index (χ1v) is 8.26. The van der Waals surface area contributed by atoms with E-state index < -0.39 is 0 Å². The lowest BCUT2D eigenvalue weighted by Gasteiger charge is -2.14. The summed E-state index contributed by atoms with van der Waals surface area (Å²) in [4.78, 5) is 20.0. The molecule has 2 heterocycles. The van der Waals surface area contributed by atoms with E-state index in [2.05, 4.69) is 21.4 Å². The number of nitrogens with zero attached hydrogens (tertiary/aromatic N) is 1. The molecule has 0 saturated carbocycles. The normalized spacial score (nSPS) is 12.5. The average Bonchev–Trinajstić information content (AvgIpc) is 3.11. The zero-order valence-corrected chi connectivity index (χ0v) is 14.6. The van der Waals surface area contributed by atoms with Gasteiger partial charge in [-0.3, -0.25) is 4.79 Å². The van der Waals surface area contributed by atoms with Crippen LogP contribution in [0.5, 0.6) is 0 Å². The molecule has 0 aliphatic heterocycles. The van der Waals surface area contributed by atoms with Crippen molar-refractivity contribution in [3.8, 4) is 0 Å². The number of aromatic amines is 1. The lowest BCUT2D eigenvalue weighted by Crippen LogP contribution is -2.30. The third kappa shape index (κ3) is 3.20. The zero-order chi connectivity index (χ0) is 17.3. The Bertz CT molecular complexity index is 876. The van der Waals surface area contributed by atoms with Crippen molar-refractivity contribution in [3.63, 3.8) is 0 Å². The summed E-state index contributed by atoms with van der Waals surface area (Å²) in [6.07, 6.45) is 4.55. The molecule has 24 heavy (non-hydrogen) atoms. The number of benzene rings is 1. The predicted molar refractivity (Wildman–Crippen MR) is 93.9 cm³/mol. The third-order valence-electron chi connectivity index (χ3n) is 4.24. The molecule has 2 N–H and O–H groups in total. The standard InChI is InChI=1S/C19H23N3O2/c1-5-15(19-20-9-13(4)21-19)22-17(23)8-14-10-24-16-7-11(2)6-12(3)18(14)16/h6-7,9-10,15H,5,8H2,1-4H3,(H,20,21)(H,22,23)/t15-/m0/s1. The Hall–Kier alpha value is -2.56. The maximum absolute atomic E-state index is 12.5. The van der Waals surface area contributed by atoms with Gasteiger partial charge in [0.15, 0.2) is 0 Å². The first-order valence-electron chi connectivity index (χ1n) is 8.26. The Morgan fingerprint density at radius 3 is 2.79 bits per heavy atom. The largest absolute Gasteiger partial charge is 0.464 e. The van der Waals surface area contributed by atoms with Crippen LogP contribution in [0.4, 0.5) is 0 Å². The van der Waals surface area contributed by atoms with Gasteiger partial charge in [0, 0.05) is 22.8 Å². The molecular weight excluding hydrogens is 302 g/mol. The summed E-state index contributed by atoms with van der Waals surface area (Å²) in [6, 6.07) is 4.01. The van der Waals surface area contributed by atoms with Crippen molar-refractivity contribution >= 4 is 16.9 Å². The highest BCUT2D eigenvalue weighted by Gasteiger charge is 2.18. The van der Waals surface area contributed by atoms with E-state index in [4.69, 9.17) is 4.42 Å². The van der Waals surface area contributed by atoms with Gasteiger partial charge in [-0.25, -0.2) is 4.98 Å². The number of imidazole rings is 1. The highest BCUT2D eigenvalue weighted by atomic mass is 16.3. The summed E-state index contributed by atoms with van der Waals surface area (Å²) >= 11 is 0. The second-order valence-electron chi connectivity index (χ2n) is 6.37. The summed E-state index contributed by atoms with van der Waals surface area (Å²) < 4.78 is 5.63. The number of aryl methyl sites for hydroxylation is 3. The van der Waals surface area contributed by atoms with Crippen molar-refractivity contribution in [2.24, 2.45) is 0 Å². The first-order chi connectivity index (χ1) is 11.5. The molecule has 5 heteroatoms. The number of nitrogens with one attached hydrogen (secondary N) is 2. The van der Waals surface area contributed by atoms with Crippen molar-refractivity contribution in [1.29, 1.82) is 0 Å². The van der Waals surface area contributed by atoms with E-state index in [1.807, 2.05) is 33.8 Å². The van der Waals surface area contributed by atoms with Gasteiger partial charge in [0.2, 0.25) is 5.91 Å². The summed E-state index contributed by atoms with van der Waals surface area (Å²) in [5, 5.41) is 4.10. The van der Waals surface area contributed by atoms with Crippen molar-refractivity contribution < 1.29 is 9.21 Å². The molecule has 0 radical (unpaired) electrons. The van der Waals surface area contributed by atoms with Gasteiger partial charge in [-0.05, 0) is 44.4 Å². The van der Waals surface area contributed by atoms with Crippen LogP contribution in [0.1, 0.15) is 47.6 Å². The van der Waals surface area contributed by atoms with E-state index in [1.165, 1.54) is 0 Å². The molecule has 1 amide bonds. The number of aromatic nitrogens is 2. The van der Waals surface area contributed by atoms with Crippen LogP contribution in [0.15, 0.2) is 29.0 Å². The monoisotopic (exact) mass is 325 g/mol. The molecule has 0 unspecified atom stereocenters. The van der Waals surface area contributed by atoms with E-state index in [9.17, 15) is 4.79 Å². The molecule has 3 rings (SSSR count). The van der Waals surface area contributed by atoms with Crippen LogP contribution in [-0.4, -0.2) is 15.9 Å². The Balaban J connectivity index is 1.77. The van der Waals surface area contributed by atoms with Gasteiger partial charge in [0.05, 0.1) is 18.7 Å². The highest BCUT2D eigenvalue weighted by Crippen LogP contribution is 2.26. The van der Waals surface area contributed by atoms with E-state index in [1.54, 1.807) is 12.5 Å². The molecule has 1 atom stereocenters. The van der Waals surface area contributed by atoms with Gasteiger partial charge < -0.3 is 14.7 Å². The molecule has 3 aromatic rings. The molecule has 5 nitrogen and oxygen atoms in total. The SMILES string of the molecule is CC[C@H](NC(=O)Cc1coc2cc(C)cc(C)c12)c1ncc(C)[nH]1. The fourth-order valence-electron chi connectivity index (χ4n) is 3.15. The van der Waals surface area contributed by atoms with Crippen LogP contribution in [-0.2, 0) is 11.2 Å². The van der Waals surface area contributed by atoms with E-state index in [0.717, 1.165) is 45.6 Å². The minimum Gasteiger partial charge on any atom is -0.464 e. The molecule has 0 bridgehead atoms. The van der Waals surface area contributed by atoms with E-state index >= 15 is 0 Å². The van der Waals surface area contributed by atoms with Crippen molar-refractivity contribution in [1.82, 2.24) is 15.3 Å². The van der Waals surface area contributed by atoms with Gasteiger partial charge in [0.25, 0.3) is 0 Å². The molecule has 1 aromatic carbocycles. The second kappa shape index (κ2) is 6.51. The second-order valence-corrected chi connectivity index (χ2v) is 6.37. The van der Waals surface area contributed by atoms with Crippen LogP contribution in [0.3, 0.4) is 0 Å². The molecule has 2 aromatic heterocycles. The predicted octanol–water partition coefficient (Wildman–Crippen LogP) is 3.89. The maximum atomic E-state index is 12.5. The minimum absolute atomic E-state index is 0.0291. The average molecular weight is 325 g/mol. The number of furan rings is 1. The summed E-state index contributed by atoms with van der Waals surface area (Å²) in [7, 11) is 0.